The summed E-state index contributed by atoms with van der Waals surface area (Å²) in [5.74, 6) is 0. The van der Waals surface area contributed by atoms with E-state index in [1.54, 1.807) is 0 Å². The molecule has 0 aliphatic carbocycles. The maximum Gasteiger partial charge on any atom is 0.346 e. The van der Waals surface area contributed by atoms with Gasteiger partial charge in [-0.3, -0.25) is 0 Å². The molecule has 1 aromatic heterocycles. The van der Waals surface area contributed by atoms with Gasteiger partial charge in [-0.05, 0) is 13.8 Å². The van der Waals surface area contributed by atoms with Crippen LogP contribution in [0.15, 0.2) is 11.5 Å². The van der Waals surface area contributed by atoms with Gasteiger partial charge in [0.15, 0.2) is 0 Å². The van der Waals surface area contributed by atoms with Gasteiger partial charge in [-0.25, -0.2) is 22.5 Å². The molecular weight excluding hydrogens is 258 g/mol. The van der Waals surface area contributed by atoms with Crippen molar-refractivity contribution in [3.8, 4) is 0 Å². The monoisotopic (exact) mass is 275 g/mol. The molecule has 18 heavy (non-hydrogen) atoms. The van der Waals surface area contributed by atoms with Crippen LogP contribution in [-0.4, -0.2) is 65.6 Å². The number of sulfonamides is 1. The van der Waals surface area contributed by atoms with Gasteiger partial charge >= 0.3 is 6.03 Å². The van der Waals surface area contributed by atoms with E-state index in [-0.39, 0.29) is 5.16 Å². The minimum Gasteiger partial charge on any atom is -0.323 e. The van der Waals surface area contributed by atoms with Crippen molar-refractivity contribution in [3.63, 3.8) is 0 Å². The molecule has 0 aliphatic rings. The molecule has 0 radical (unpaired) electrons. The number of rotatable bonds is 4. The summed E-state index contributed by atoms with van der Waals surface area (Å²) in [5.41, 5.74) is 0. The average Bonchev–Trinajstić information content (AvgIpc) is 2.80. The number of nitrogens with zero attached hydrogens (tertiary/aromatic N) is 5. The highest BCUT2D eigenvalue weighted by Gasteiger charge is 2.24. The summed E-state index contributed by atoms with van der Waals surface area (Å²) in [6.45, 7) is 4.70. The van der Waals surface area contributed by atoms with Crippen molar-refractivity contribution >= 4 is 16.1 Å². The van der Waals surface area contributed by atoms with Crippen LogP contribution in [0, 0.1) is 0 Å². The van der Waals surface area contributed by atoms with Gasteiger partial charge in [-0.15, -0.1) is 5.10 Å². The van der Waals surface area contributed by atoms with E-state index in [0.29, 0.717) is 13.1 Å². The van der Waals surface area contributed by atoms with Crippen LogP contribution in [0.25, 0.3) is 0 Å². The highest BCUT2D eigenvalue weighted by Crippen LogP contribution is 2.06. The molecule has 0 N–H and O–H groups in total. The fourth-order valence-corrected chi connectivity index (χ4v) is 1.96. The van der Waals surface area contributed by atoms with Crippen LogP contribution < -0.4 is 0 Å². The van der Waals surface area contributed by atoms with Crippen molar-refractivity contribution in [2.45, 2.75) is 19.0 Å². The molecule has 0 bridgehead atoms. The van der Waals surface area contributed by atoms with Gasteiger partial charge in [0.2, 0.25) is 0 Å². The van der Waals surface area contributed by atoms with Gasteiger partial charge in [0, 0.05) is 27.2 Å². The van der Waals surface area contributed by atoms with Gasteiger partial charge in [0.1, 0.15) is 6.33 Å². The van der Waals surface area contributed by atoms with Crippen LogP contribution in [0.5, 0.6) is 0 Å². The Morgan fingerprint density at radius 3 is 2.33 bits per heavy atom. The third-order valence-electron chi connectivity index (χ3n) is 2.41. The highest BCUT2D eigenvalue weighted by atomic mass is 32.2. The van der Waals surface area contributed by atoms with E-state index in [9.17, 15) is 13.2 Å². The fourth-order valence-electron chi connectivity index (χ4n) is 1.26. The summed E-state index contributed by atoms with van der Waals surface area (Å²) in [7, 11) is -0.955. The largest absolute Gasteiger partial charge is 0.346 e. The minimum absolute atomic E-state index is 0.381. The van der Waals surface area contributed by atoms with E-state index in [0.717, 1.165) is 15.3 Å². The molecule has 0 atom stereocenters. The number of carbonyl (C=O) groups excluding carboxylic acids is 1. The SMILES string of the molecule is CCN(CC)C(=O)n1cnc(S(=O)(=O)N(C)C)n1. The van der Waals surface area contributed by atoms with E-state index >= 15 is 0 Å². The lowest BCUT2D eigenvalue weighted by atomic mass is 10.5. The van der Waals surface area contributed by atoms with E-state index < -0.39 is 16.1 Å². The smallest absolute Gasteiger partial charge is 0.323 e. The quantitative estimate of drug-likeness (QED) is 0.761. The lowest BCUT2D eigenvalue weighted by Gasteiger charge is -2.17. The molecular formula is C9H17N5O3S. The second kappa shape index (κ2) is 5.44. The molecule has 0 unspecified atom stereocenters. The first-order valence-corrected chi connectivity index (χ1v) is 6.92. The lowest BCUT2D eigenvalue weighted by molar-refractivity contribution is 0.201. The summed E-state index contributed by atoms with van der Waals surface area (Å²) < 4.78 is 25.4. The molecule has 0 aliphatic heterocycles. The van der Waals surface area contributed by atoms with Crippen LogP contribution in [-0.2, 0) is 10.0 Å². The molecule has 0 aromatic carbocycles. The second-order valence-corrected chi connectivity index (χ2v) is 5.76. The molecule has 102 valence electrons. The zero-order chi connectivity index (χ0) is 13.9. The van der Waals surface area contributed by atoms with Crippen LogP contribution in [0.4, 0.5) is 4.79 Å². The Morgan fingerprint density at radius 2 is 1.89 bits per heavy atom. The Hall–Kier alpha value is -1.48. The van der Waals surface area contributed by atoms with Crippen molar-refractivity contribution in [1.29, 1.82) is 0 Å². The lowest BCUT2D eigenvalue weighted by Crippen LogP contribution is -2.34. The molecule has 0 spiro atoms. The molecule has 1 aromatic rings. The third kappa shape index (κ3) is 2.67. The van der Waals surface area contributed by atoms with E-state index in [4.69, 9.17) is 0 Å². The Kier molecular flexibility index (Phi) is 4.41. The van der Waals surface area contributed by atoms with Gasteiger partial charge in [0.25, 0.3) is 15.2 Å². The first-order valence-electron chi connectivity index (χ1n) is 5.48. The summed E-state index contributed by atoms with van der Waals surface area (Å²) in [6, 6.07) is -0.396. The van der Waals surface area contributed by atoms with E-state index in [1.807, 2.05) is 13.8 Å². The zero-order valence-corrected chi connectivity index (χ0v) is 11.7. The van der Waals surface area contributed by atoms with E-state index in [1.165, 1.54) is 19.0 Å². The van der Waals surface area contributed by atoms with Crippen molar-refractivity contribution in [2.75, 3.05) is 27.2 Å². The first-order chi connectivity index (χ1) is 8.34. The van der Waals surface area contributed by atoms with Gasteiger partial charge in [0.05, 0.1) is 0 Å². The third-order valence-corrected chi connectivity index (χ3v) is 4.02. The molecule has 8 nitrogen and oxygen atoms in total. The fraction of sp³-hybridized carbons (Fsp3) is 0.667. The Balaban J connectivity index is 3.04. The molecule has 0 fully saturated rings. The topological polar surface area (TPSA) is 88.4 Å². The Morgan fingerprint density at radius 1 is 1.33 bits per heavy atom. The molecule has 1 amide bonds. The van der Waals surface area contributed by atoms with Crippen LogP contribution in [0.2, 0.25) is 0 Å². The summed E-state index contributed by atoms with van der Waals surface area (Å²) in [5, 5.41) is 3.32. The second-order valence-electron chi connectivity index (χ2n) is 3.71. The molecule has 9 heteroatoms. The Bertz CT molecular complexity index is 518. The average molecular weight is 275 g/mol. The van der Waals surface area contributed by atoms with E-state index in [2.05, 4.69) is 10.1 Å². The zero-order valence-electron chi connectivity index (χ0n) is 10.9. The van der Waals surface area contributed by atoms with Crippen molar-refractivity contribution in [2.24, 2.45) is 0 Å². The molecule has 1 heterocycles. The van der Waals surface area contributed by atoms with Gasteiger partial charge in [-0.2, -0.15) is 4.68 Å². The molecule has 1 rings (SSSR count). The summed E-state index contributed by atoms with van der Waals surface area (Å²) in [4.78, 5) is 17.1. The van der Waals surface area contributed by atoms with Crippen LogP contribution in [0.3, 0.4) is 0 Å². The maximum absolute atomic E-state index is 11.9. The number of hydrogen-bond donors (Lipinski definition) is 0. The molecule has 0 saturated carbocycles. The van der Waals surface area contributed by atoms with Crippen molar-refractivity contribution in [1.82, 2.24) is 24.0 Å². The Labute approximate surface area is 106 Å². The standard InChI is InChI=1S/C9H17N5O3S/c1-5-13(6-2)9(15)14-7-10-8(11-14)18(16,17)12(3)4/h7H,5-6H2,1-4H3. The number of carbonyl (C=O) groups is 1. The van der Waals surface area contributed by atoms with Crippen LogP contribution in [0.1, 0.15) is 13.8 Å². The van der Waals surface area contributed by atoms with Crippen LogP contribution >= 0.6 is 0 Å². The predicted molar refractivity (Wildman–Crippen MR) is 64.6 cm³/mol. The number of aromatic nitrogens is 3. The molecule has 0 saturated heterocycles. The highest BCUT2D eigenvalue weighted by molar-refractivity contribution is 7.88. The van der Waals surface area contributed by atoms with Gasteiger partial charge < -0.3 is 4.90 Å². The normalized spacial score (nSPS) is 11.8. The van der Waals surface area contributed by atoms with Crippen molar-refractivity contribution in [3.05, 3.63) is 6.33 Å². The maximum atomic E-state index is 11.9. The number of hydrogen-bond acceptors (Lipinski definition) is 5. The van der Waals surface area contributed by atoms with Crippen molar-refractivity contribution < 1.29 is 13.2 Å². The minimum atomic E-state index is -3.71. The summed E-state index contributed by atoms with van der Waals surface area (Å²) >= 11 is 0. The summed E-state index contributed by atoms with van der Waals surface area (Å²) in [6.07, 6.45) is 1.11. The predicted octanol–water partition coefficient (Wildman–Crippen LogP) is -0.162. The number of amides is 1. The first kappa shape index (κ1) is 14.6. The van der Waals surface area contributed by atoms with Gasteiger partial charge in [-0.1, -0.05) is 0 Å².